The first-order chi connectivity index (χ1) is 5.88. The third-order valence-electron chi connectivity index (χ3n) is 1.15. The Kier molecular flexibility index (Phi) is 3.76. The molecule has 3 nitrogen and oxygen atoms in total. The number of hydrogen-bond acceptors (Lipinski definition) is 4. The first-order valence-electron chi connectivity index (χ1n) is 3.03. The Labute approximate surface area is 78.3 Å². The minimum atomic E-state index is 0.334. The number of ether oxygens (including phenoxy) is 1. The Morgan fingerprint density at radius 1 is 1.33 bits per heavy atom. The molecule has 12 heavy (non-hydrogen) atoms. The van der Waals surface area contributed by atoms with E-state index in [0.717, 1.165) is 0 Å². The van der Waals surface area contributed by atoms with E-state index in [1.807, 2.05) is 0 Å². The zero-order valence-corrected chi connectivity index (χ0v) is 7.47. The van der Waals surface area contributed by atoms with Crippen LogP contribution in [0.1, 0.15) is 0 Å². The van der Waals surface area contributed by atoms with Gasteiger partial charge in [0.1, 0.15) is 0 Å². The number of benzene rings is 1. The number of halogens is 1. The van der Waals surface area contributed by atoms with E-state index in [-0.39, 0.29) is 0 Å². The maximum Gasteiger partial charge on any atom is 0.298 e. The lowest BCUT2D eigenvalue weighted by atomic mass is 10.3. The van der Waals surface area contributed by atoms with Crippen molar-refractivity contribution < 1.29 is 13.7 Å². The van der Waals surface area contributed by atoms with Gasteiger partial charge in [-0.15, -0.1) is 0 Å². The minimum Gasteiger partial charge on any atom is -0.425 e. The van der Waals surface area contributed by atoms with E-state index in [2.05, 4.69) is 4.74 Å². The van der Waals surface area contributed by atoms with Gasteiger partial charge in [0.2, 0.25) is 0 Å². The molecule has 0 aliphatic heterocycles. The van der Waals surface area contributed by atoms with Crippen LogP contribution in [0.25, 0.3) is 0 Å². The SMILES string of the molecule is O=COc1ccccc1OSCl. The van der Waals surface area contributed by atoms with Crippen LogP contribution in [0.15, 0.2) is 24.3 Å². The summed E-state index contributed by atoms with van der Waals surface area (Å²) in [7, 11) is 5.26. The maximum atomic E-state index is 10.0. The summed E-state index contributed by atoms with van der Waals surface area (Å²) in [6, 6.07) is 6.73. The summed E-state index contributed by atoms with van der Waals surface area (Å²) < 4.78 is 9.50. The molecule has 0 aliphatic rings. The summed E-state index contributed by atoms with van der Waals surface area (Å²) in [6.07, 6.45) is 0. The van der Waals surface area contributed by atoms with Gasteiger partial charge >= 0.3 is 0 Å². The second-order valence-electron chi connectivity index (χ2n) is 1.81. The van der Waals surface area contributed by atoms with Gasteiger partial charge in [0, 0.05) is 10.7 Å². The first-order valence-corrected chi connectivity index (χ1v) is 4.60. The summed E-state index contributed by atoms with van der Waals surface area (Å²) in [5.41, 5.74) is 0. The van der Waals surface area contributed by atoms with Crippen molar-refractivity contribution in [2.24, 2.45) is 0 Å². The van der Waals surface area contributed by atoms with Crippen LogP contribution in [0.2, 0.25) is 0 Å². The van der Waals surface area contributed by atoms with Crippen molar-refractivity contribution in [3.05, 3.63) is 24.3 Å². The fourth-order valence-electron chi connectivity index (χ4n) is 0.702. The van der Waals surface area contributed by atoms with E-state index in [1.165, 1.54) is 0 Å². The molecule has 0 aromatic heterocycles. The number of carbonyl (C=O) groups excluding carboxylic acids is 1. The summed E-state index contributed by atoms with van der Waals surface area (Å²) in [5, 5.41) is 0. The van der Waals surface area contributed by atoms with Crippen molar-refractivity contribution >= 4 is 28.4 Å². The van der Waals surface area contributed by atoms with Crippen LogP contribution >= 0.6 is 21.9 Å². The van der Waals surface area contributed by atoms with Crippen molar-refractivity contribution in [1.82, 2.24) is 0 Å². The fourth-order valence-corrected chi connectivity index (χ4v) is 1.11. The Balaban J connectivity index is 2.83. The van der Waals surface area contributed by atoms with Gasteiger partial charge in [-0.25, -0.2) is 0 Å². The zero-order valence-electron chi connectivity index (χ0n) is 5.90. The van der Waals surface area contributed by atoms with Crippen molar-refractivity contribution in [2.45, 2.75) is 0 Å². The van der Waals surface area contributed by atoms with Crippen molar-refractivity contribution in [3.8, 4) is 11.5 Å². The van der Waals surface area contributed by atoms with Crippen molar-refractivity contribution in [3.63, 3.8) is 0 Å². The molecule has 0 amide bonds. The molecule has 0 radical (unpaired) electrons. The van der Waals surface area contributed by atoms with Gasteiger partial charge in [0.15, 0.2) is 22.8 Å². The van der Waals surface area contributed by atoms with Crippen LogP contribution in [0.5, 0.6) is 11.5 Å². The van der Waals surface area contributed by atoms with E-state index in [9.17, 15) is 4.79 Å². The van der Waals surface area contributed by atoms with Crippen LogP contribution < -0.4 is 8.92 Å². The molecule has 0 unspecified atom stereocenters. The predicted octanol–water partition coefficient (Wildman–Crippen LogP) is 2.40. The van der Waals surface area contributed by atoms with Crippen LogP contribution in [0.3, 0.4) is 0 Å². The van der Waals surface area contributed by atoms with E-state index >= 15 is 0 Å². The molecule has 5 heteroatoms. The van der Waals surface area contributed by atoms with Gasteiger partial charge in [0.05, 0.1) is 0 Å². The van der Waals surface area contributed by atoms with E-state index < -0.39 is 0 Å². The Bertz CT molecular complexity index is 267. The van der Waals surface area contributed by atoms with Crippen LogP contribution in [-0.4, -0.2) is 6.47 Å². The predicted molar refractivity (Wildman–Crippen MR) is 47.2 cm³/mol. The highest BCUT2D eigenvalue weighted by atomic mass is 35.7. The average molecular weight is 205 g/mol. The Morgan fingerprint density at radius 3 is 2.58 bits per heavy atom. The Morgan fingerprint density at radius 2 is 2.00 bits per heavy atom. The second-order valence-corrected chi connectivity index (χ2v) is 2.48. The molecule has 1 aromatic carbocycles. The lowest BCUT2D eigenvalue weighted by Gasteiger charge is -2.03. The first kappa shape index (κ1) is 9.22. The highest BCUT2D eigenvalue weighted by molar-refractivity contribution is 8.17. The largest absolute Gasteiger partial charge is 0.425 e. The fraction of sp³-hybridized carbons (Fsp3) is 0. The molecule has 0 fully saturated rings. The molecule has 64 valence electrons. The van der Waals surface area contributed by atoms with Crippen molar-refractivity contribution in [1.29, 1.82) is 0 Å². The van der Waals surface area contributed by atoms with E-state index in [1.54, 1.807) is 24.3 Å². The summed E-state index contributed by atoms with van der Waals surface area (Å²) in [5.74, 6) is 0.769. The molecular formula is C7H5ClO3S. The summed E-state index contributed by atoms with van der Waals surface area (Å²) >= 11 is 0.671. The lowest BCUT2D eigenvalue weighted by Crippen LogP contribution is -1.90. The molecular weight excluding hydrogens is 200 g/mol. The van der Waals surface area contributed by atoms with Crippen LogP contribution in [-0.2, 0) is 4.79 Å². The van der Waals surface area contributed by atoms with E-state index in [4.69, 9.17) is 14.9 Å². The van der Waals surface area contributed by atoms with Crippen LogP contribution in [0.4, 0.5) is 0 Å². The molecule has 1 rings (SSSR count). The second kappa shape index (κ2) is 4.90. The molecule has 0 heterocycles. The number of para-hydroxylation sites is 2. The maximum absolute atomic E-state index is 10.0. The van der Waals surface area contributed by atoms with Gasteiger partial charge in [0.25, 0.3) is 6.47 Å². The van der Waals surface area contributed by atoms with Crippen LogP contribution in [0, 0.1) is 0 Å². The van der Waals surface area contributed by atoms with Gasteiger partial charge in [-0.2, -0.15) is 0 Å². The monoisotopic (exact) mass is 204 g/mol. The Hall–Kier alpha value is -0.870. The third-order valence-corrected chi connectivity index (χ3v) is 1.58. The van der Waals surface area contributed by atoms with Gasteiger partial charge in [-0.3, -0.25) is 4.79 Å². The minimum absolute atomic E-state index is 0.334. The standard InChI is InChI=1S/C7H5ClO3S/c8-12-11-7-4-2-1-3-6(7)10-5-9/h1-5H. The normalized spacial score (nSPS) is 9.08. The third kappa shape index (κ3) is 2.32. The van der Waals surface area contributed by atoms with Gasteiger partial charge < -0.3 is 8.92 Å². The zero-order chi connectivity index (χ0) is 8.81. The smallest absolute Gasteiger partial charge is 0.298 e. The van der Waals surface area contributed by atoms with Gasteiger partial charge in [-0.1, -0.05) is 12.1 Å². The average Bonchev–Trinajstić information content (AvgIpc) is 2.09. The molecule has 0 aliphatic carbocycles. The number of rotatable bonds is 4. The van der Waals surface area contributed by atoms with Crippen molar-refractivity contribution in [2.75, 3.05) is 0 Å². The number of carbonyl (C=O) groups is 1. The van der Waals surface area contributed by atoms with Gasteiger partial charge in [-0.05, 0) is 12.1 Å². The molecule has 1 aromatic rings. The van der Waals surface area contributed by atoms with E-state index in [0.29, 0.717) is 29.2 Å². The molecule has 0 saturated heterocycles. The molecule has 0 atom stereocenters. The highest BCUT2D eigenvalue weighted by Crippen LogP contribution is 2.29. The summed E-state index contributed by atoms with van der Waals surface area (Å²) in [4.78, 5) is 10.0. The lowest BCUT2D eigenvalue weighted by molar-refractivity contribution is -0.120. The summed E-state index contributed by atoms with van der Waals surface area (Å²) in [6.45, 7) is 0.334. The molecule has 0 saturated carbocycles. The topological polar surface area (TPSA) is 35.5 Å². The quantitative estimate of drug-likeness (QED) is 0.557. The molecule has 0 N–H and O–H groups in total. The molecule has 0 bridgehead atoms. The number of hydrogen-bond donors (Lipinski definition) is 0. The highest BCUT2D eigenvalue weighted by Gasteiger charge is 2.02. The molecule has 0 spiro atoms.